The number of aliphatic hydroxyl groups is 1. The molecule has 1 fully saturated rings. The van der Waals surface area contributed by atoms with Crippen molar-refractivity contribution in [2.24, 2.45) is 5.92 Å². The molecule has 2 rings (SSSR count). The summed E-state index contributed by atoms with van der Waals surface area (Å²) in [4.78, 5) is 16.6. The highest BCUT2D eigenvalue weighted by atomic mass is 16.3. The number of rotatable bonds is 6. The number of likely N-dealkylation sites (tertiary alicyclic amines) is 1. The van der Waals surface area contributed by atoms with Crippen LogP contribution in [0, 0.1) is 31.1 Å². The largest absolute Gasteiger partial charge is 0.393 e. The van der Waals surface area contributed by atoms with E-state index in [0.717, 1.165) is 30.8 Å². The molecule has 5 heteroatoms. The summed E-state index contributed by atoms with van der Waals surface area (Å²) < 4.78 is 0. The van der Waals surface area contributed by atoms with Crippen LogP contribution in [0.3, 0.4) is 0 Å². The summed E-state index contributed by atoms with van der Waals surface area (Å²) in [6, 6.07) is 8.09. The molecule has 2 unspecified atom stereocenters. The minimum Gasteiger partial charge on any atom is -0.393 e. The normalized spacial score (nSPS) is 19.0. The predicted octanol–water partition coefficient (Wildman–Crippen LogP) is 2.25. The molecule has 0 spiro atoms. The quantitative estimate of drug-likeness (QED) is 0.869. The van der Waals surface area contributed by atoms with Crippen LogP contribution in [0.5, 0.6) is 0 Å². The van der Waals surface area contributed by atoms with Gasteiger partial charge in [-0.05, 0) is 62.9 Å². The van der Waals surface area contributed by atoms with E-state index in [1.54, 1.807) is 4.90 Å². The van der Waals surface area contributed by atoms with E-state index in [4.69, 9.17) is 5.26 Å². The van der Waals surface area contributed by atoms with Gasteiger partial charge in [-0.2, -0.15) is 5.26 Å². The van der Waals surface area contributed by atoms with E-state index in [-0.39, 0.29) is 17.9 Å². The van der Waals surface area contributed by atoms with E-state index in [1.165, 1.54) is 5.56 Å². The van der Waals surface area contributed by atoms with Crippen LogP contribution in [-0.4, -0.2) is 48.2 Å². The van der Waals surface area contributed by atoms with Crippen LogP contribution in [0.2, 0.25) is 0 Å². The lowest BCUT2D eigenvalue weighted by Gasteiger charge is -2.25. The molecule has 0 bridgehead atoms. The van der Waals surface area contributed by atoms with Crippen molar-refractivity contribution in [3.05, 3.63) is 29.3 Å². The zero-order chi connectivity index (χ0) is 17.7. The lowest BCUT2D eigenvalue weighted by molar-refractivity contribution is -0.119. The van der Waals surface area contributed by atoms with E-state index in [2.05, 4.69) is 11.0 Å². The summed E-state index contributed by atoms with van der Waals surface area (Å²) in [6.07, 6.45) is 0.904. The van der Waals surface area contributed by atoms with Crippen LogP contribution in [0.4, 0.5) is 5.69 Å². The van der Waals surface area contributed by atoms with Crippen molar-refractivity contribution >= 4 is 11.6 Å². The maximum Gasteiger partial charge on any atom is 0.241 e. The number of hydrogen-bond acceptors (Lipinski definition) is 4. The molecule has 1 N–H and O–H groups in total. The number of aryl methyl sites for hydroxylation is 2. The maximum atomic E-state index is 12.8. The molecule has 0 saturated carbocycles. The fraction of sp³-hybridized carbons (Fsp3) is 0.579. The molecule has 1 aliphatic heterocycles. The van der Waals surface area contributed by atoms with Gasteiger partial charge in [0.05, 0.1) is 25.1 Å². The lowest BCUT2D eigenvalue weighted by atomic mass is 10.0. The van der Waals surface area contributed by atoms with Crippen molar-refractivity contribution in [1.29, 1.82) is 5.26 Å². The first-order valence-electron chi connectivity index (χ1n) is 8.57. The maximum absolute atomic E-state index is 12.8. The lowest BCUT2D eigenvalue weighted by Crippen LogP contribution is -2.40. The summed E-state index contributed by atoms with van der Waals surface area (Å²) in [7, 11) is 0. The fourth-order valence-corrected chi connectivity index (χ4v) is 3.13. The molecule has 5 nitrogen and oxygen atoms in total. The first kappa shape index (κ1) is 18.4. The van der Waals surface area contributed by atoms with E-state index in [0.29, 0.717) is 19.5 Å². The Morgan fingerprint density at radius 1 is 1.46 bits per heavy atom. The van der Waals surface area contributed by atoms with Crippen LogP contribution in [0.1, 0.15) is 30.9 Å². The Hall–Kier alpha value is -1.90. The smallest absolute Gasteiger partial charge is 0.241 e. The van der Waals surface area contributed by atoms with Gasteiger partial charge in [0.1, 0.15) is 0 Å². The number of nitriles is 1. The highest BCUT2D eigenvalue weighted by Crippen LogP contribution is 2.22. The van der Waals surface area contributed by atoms with Crippen molar-refractivity contribution in [2.45, 2.75) is 39.7 Å². The van der Waals surface area contributed by atoms with Crippen molar-refractivity contribution in [2.75, 3.05) is 31.1 Å². The number of nitrogens with zero attached hydrogens (tertiary/aromatic N) is 3. The molecule has 1 aliphatic rings. The second kappa shape index (κ2) is 8.27. The monoisotopic (exact) mass is 329 g/mol. The van der Waals surface area contributed by atoms with Crippen molar-refractivity contribution in [3.8, 4) is 6.07 Å². The number of hydrogen-bond donors (Lipinski definition) is 1. The standard InChI is InChI=1S/C19H27N3O2/c1-14-5-6-18(11-15(14)2)22(9-4-8-20)19(24)13-21-10-7-17(12-21)16(3)23/h5-6,11,16-17,23H,4,7,9-10,12-13H2,1-3H3. The molecule has 1 amide bonds. The third-order valence-corrected chi connectivity index (χ3v) is 4.90. The van der Waals surface area contributed by atoms with E-state index in [1.807, 2.05) is 39.0 Å². The number of aliphatic hydroxyl groups excluding tert-OH is 1. The first-order chi connectivity index (χ1) is 11.4. The molecule has 0 aliphatic carbocycles. The average Bonchev–Trinajstić information content (AvgIpc) is 3.00. The number of anilines is 1. The van der Waals surface area contributed by atoms with Gasteiger partial charge in [0.25, 0.3) is 0 Å². The Morgan fingerprint density at radius 3 is 2.79 bits per heavy atom. The second-order valence-electron chi connectivity index (χ2n) is 6.75. The van der Waals surface area contributed by atoms with Gasteiger partial charge < -0.3 is 10.0 Å². The van der Waals surface area contributed by atoms with E-state index >= 15 is 0 Å². The number of benzene rings is 1. The van der Waals surface area contributed by atoms with Crippen LogP contribution < -0.4 is 4.90 Å². The minimum absolute atomic E-state index is 0.0137. The van der Waals surface area contributed by atoms with Gasteiger partial charge in [-0.1, -0.05) is 6.07 Å². The summed E-state index contributed by atoms with van der Waals surface area (Å²) in [5.74, 6) is 0.256. The van der Waals surface area contributed by atoms with Gasteiger partial charge in [-0.3, -0.25) is 9.69 Å². The Bertz CT molecular complexity index is 622. The van der Waals surface area contributed by atoms with Crippen LogP contribution in [0.15, 0.2) is 18.2 Å². The molecular formula is C19H27N3O2. The van der Waals surface area contributed by atoms with Crippen molar-refractivity contribution in [3.63, 3.8) is 0 Å². The first-order valence-corrected chi connectivity index (χ1v) is 8.57. The zero-order valence-electron chi connectivity index (χ0n) is 14.8. The molecule has 0 radical (unpaired) electrons. The molecule has 1 aromatic carbocycles. The predicted molar refractivity (Wildman–Crippen MR) is 94.7 cm³/mol. The Balaban J connectivity index is 2.08. The molecule has 1 saturated heterocycles. The summed E-state index contributed by atoms with van der Waals surface area (Å²) in [5.41, 5.74) is 3.17. The molecule has 24 heavy (non-hydrogen) atoms. The van der Waals surface area contributed by atoms with Gasteiger partial charge in [0.15, 0.2) is 0 Å². The van der Waals surface area contributed by atoms with Gasteiger partial charge in [-0.15, -0.1) is 0 Å². The number of carbonyl (C=O) groups excluding carboxylic acids is 1. The molecule has 1 heterocycles. The van der Waals surface area contributed by atoms with Crippen LogP contribution in [0.25, 0.3) is 0 Å². The zero-order valence-corrected chi connectivity index (χ0v) is 14.8. The van der Waals surface area contributed by atoms with Crippen LogP contribution in [-0.2, 0) is 4.79 Å². The van der Waals surface area contributed by atoms with Crippen molar-refractivity contribution in [1.82, 2.24) is 4.90 Å². The fourth-order valence-electron chi connectivity index (χ4n) is 3.13. The van der Waals surface area contributed by atoms with Gasteiger partial charge in [0.2, 0.25) is 5.91 Å². The highest BCUT2D eigenvalue weighted by molar-refractivity contribution is 5.95. The Labute approximate surface area is 144 Å². The highest BCUT2D eigenvalue weighted by Gasteiger charge is 2.28. The van der Waals surface area contributed by atoms with Crippen LogP contribution >= 0.6 is 0 Å². The van der Waals surface area contributed by atoms with Gasteiger partial charge in [0, 0.05) is 18.8 Å². The van der Waals surface area contributed by atoms with Gasteiger partial charge >= 0.3 is 0 Å². The number of amides is 1. The molecule has 130 valence electrons. The average molecular weight is 329 g/mol. The third kappa shape index (κ3) is 4.56. The topological polar surface area (TPSA) is 67.6 Å². The molecular weight excluding hydrogens is 302 g/mol. The summed E-state index contributed by atoms with van der Waals surface area (Å²) in [5, 5.41) is 18.6. The SMILES string of the molecule is Cc1ccc(N(CCC#N)C(=O)CN2CCC(C(C)O)C2)cc1C. The molecule has 2 atom stereocenters. The number of carbonyl (C=O) groups is 1. The Kier molecular flexibility index (Phi) is 6.36. The summed E-state index contributed by atoms with van der Waals surface area (Å²) in [6.45, 7) is 8.21. The molecule has 1 aromatic rings. The van der Waals surface area contributed by atoms with E-state index < -0.39 is 0 Å². The molecule has 0 aromatic heterocycles. The summed E-state index contributed by atoms with van der Waals surface area (Å²) >= 11 is 0. The third-order valence-electron chi connectivity index (χ3n) is 4.90. The minimum atomic E-state index is -0.334. The second-order valence-corrected chi connectivity index (χ2v) is 6.75. The Morgan fingerprint density at radius 2 is 2.21 bits per heavy atom. The van der Waals surface area contributed by atoms with E-state index in [9.17, 15) is 9.90 Å². The van der Waals surface area contributed by atoms with Gasteiger partial charge in [-0.25, -0.2) is 0 Å². The van der Waals surface area contributed by atoms with Crippen molar-refractivity contribution < 1.29 is 9.90 Å².